The van der Waals surface area contributed by atoms with Gasteiger partial charge in [-0.05, 0) is 42.1 Å². The van der Waals surface area contributed by atoms with Gasteiger partial charge in [0.1, 0.15) is 0 Å². The van der Waals surface area contributed by atoms with E-state index in [0.29, 0.717) is 11.1 Å². The molecule has 1 N–H and O–H groups in total. The number of benzene rings is 2. The Morgan fingerprint density at radius 1 is 1.12 bits per heavy atom. The molecule has 0 fully saturated rings. The number of rotatable bonds is 4. The van der Waals surface area contributed by atoms with Crippen LogP contribution >= 0.6 is 11.3 Å². The van der Waals surface area contributed by atoms with Crippen molar-refractivity contribution in [1.82, 2.24) is 5.32 Å². The Balaban J connectivity index is 1.91. The lowest BCUT2D eigenvalue weighted by Crippen LogP contribution is -2.28. The molecule has 0 aliphatic heterocycles. The lowest BCUT2D eigenvalue weighted by molar-refractivity contribution is 0.0943. The van der Waals surface area contributed by atoms with E-state index in [9.17, 15) is 4.79 Å². The first-order chi connectivity index (χ1) is 11.7. The van der Waals surface area contributed by atoms with Crippen molar-refractivity contribution in [2.24, 2.45) is 0 Å². The SMILES string of the molecule is Cc1ccc([C@@H](NC(=O)c2cccc(C#N)c2)c2cccs2)cc1. The second-order valence-corrected chi connectivity index (χ2v) is 6.50. The predicted molar refractivity (Wildman–Crippen MR) is 96.0 cm³/mol. The van der Waals surface area contributed by atoms with Crippen molar-refractivity contribution in [3.05, 3.63) is 93.2 Å². The Hall–Kier alpha value is -2.90. The van der Waals surface area contributed by atoms with Gasteiger partial charge in [0.2, 0.25) is 0 Å². The molecule has 0 bridgehead atoms. The van der Waals surface area contributed by atoms with Gasteiger partial charge in [0.05, 0.1) is 17.7 Å². The van der Waals surface area contributed by atoms with Gasteiger partial charge in [0, 0.05) is 10.4 Å². The number of amides is 1. The van der Waals surface area contributed by atoms with E-state index in [1.54, 1.807) is 35.6 Å². The van der Waals surface area contributed by atoms with Crippen LogP contribution in [0.2, 0.25) is 0 Å². The molecule has 0 saturated heterocycles. The number of thiophene rings is 1. The van der Waals surface area contributed by atoms with Gasteiger partial charge in [-0.2, -0.15) is 5.26 Å². The van der Waals surface area contributed by atoms with E-state index in [1.165, 1.54) is 5.56 Å². The highest BCUT2D eigenvalue weighted by molar-refractivity contribution is 7.10. The summed E-state index contributed by atoms with van der Waals surface area (Å²) < 4.78 is 0. The highest BCUT2D eigenvalue weighted by Crippen LogP contribution is 2.26. The Bertz CT molecular complexity index is 877. The maximum atomic E-state index is 12.6. The molecule has 1 heterocycles. The zero-order valence-electron chi connectivity index (χ0n) is 13.2. The minimum Gasteiger partial charge on any atom is -0.340 e. The summed E-state index contributed by atoms with van der Waals surface area (Å²) in [6.07, 6.45) is 0. The number of nitrogens with zero attached hydrogens (tertiary/aromatic N) is 1. The van der Waals surface area contributed by atoms with Gasteiger partial charge >= 0.3 is 0 Å². The molecule has 3 aromatic rings. The monoisotopic (exact) mass is 332 g/mol. The molecule has 0 spiro atoms. The molecule has 1 atom stereocenters. The minimum absolute atomic E-state index is 0.189. The molecule has 2 aromatic carbocycles. The number of carbonyl (C=O) groups is 1. The van der Waals surface area contributed by atoms with Crippen LogP contribution < -0.4 is 5.32 Å². The summed E-state index contributed by atoms with van der Waals surface area (Å²) in [5.41, 5.74) is 3.18. The third kappa shape index (κ3) is 3.53. The van der Waals surface area contributed by atoms with Crippen LogP contribution in [0.5, 0.6) is 0 Å². The highest BCUT2D eigenvalue weighted by Gasteiger charge is 2.19. The molecule has 3 nitrogen and oxygen atoms in total. The highest BCUT2D eigenvalue weighted by atomic mass is 32.1. The topological polar surface area (TPSA) is 52.9 Å². The largest absolute Gasteiger partial charge is 0.340 e. The molecule has 0 saturated carbocycles. The van der Waals surface area contributed by atoms with Gasteiger partial charge in [-0.3, -0.25) is 4.79 Å². The summed E-state index contributed by atoms with van der Waals surface area (Å²) in [6, 6.07) is 20.7. The second kappa shape index (κ2) is 7.12. The van der Waals surface area contributed by atoms with E-state index in [0.717, 1.165) is 10.4 Å². The molecule has 1 amide bonds. The molecule has 0 radical (unpaired) electrons. The van der Waals surface area contributed by atoms with E-state index in [1.807, 2.05) is 48.7 Å². The van der Waals surface area contributed by atoms with Crippen molar-refractivity contribution in [2.75, 3.05) is 0 Å². The van der Waals surface area contributed by atoms with Gasteiger partial charge in [-0.15, -0.1) is 11.3 Å². The lowest BCUT2D eigenvalue weighted by Gasteiger charge is -2.18. The fraction of sp³-hybridized carbons (Fsp3) is 0.100. The molecular formula is C20H16N2OS. The molecule has 118 valence electrons. The van der Waals surface area contributed by atoms with Crippen LogP contribution in [0.1, 0.15) is 38.0 Å². The predicted octanol–water partition coefficient (Wildman–Crippen LogP) is 4.45. The third-order valence-corrected chi connectivity index (χ3v) is 4.70. The number of hydrogen-bond acceptors (Lipinski definition) is 3. The van der Waals surface area contributed by atoms with Crippen molar-refractivity contribution in [3.63, 3.8) is 0 Å². The first kappa shape index (κ1) is 16.0. The van der Waals surface area contributed by atoms with Crippen molar-refractivity contribution in [1.29, 1.82) is 5.26 Å². The van der Waals surface area contributed by atoms with Crippen LogP contribution in [0.25, 0.3) is 0 Å². The lowest BCUT2D eigenvalue weighted by atomic mass is 10.0. The van der Waals surface area contributed by atoms with Gasteiger partial charge in [-0.25, -0.2) is 0 Å². The van der Waals surface area contributed by atoms with E-state index in [-0.39, 0.29) is 11.9 Å². The Morgan fingerprint density at radius 2 is 1.92 bits per heavy atom. The maximum absolute atomic E-state index is 12.6. The molecule has 4 heteroatoms. The summed E-state index contributed by atoms with van der Waals surface area (Å²) in [5, 5.41) is 14.1. The molecule has 1 aromatic heterocycles. The van der Waals surface area contributed by atoms with E-state index in [2.05, 4.69) is 11.4 Å². The molecule has 0 aliphatic rings. The van der Waals surface area contributed by atoms with Gasteiger partial charge in [0.15, 0.2) is 0 Å². The molecule has 24 heavy (non-hydrogen) atoms. The Morgan fingerprint density at radius 3 is 2.58 bits per heavy atom. The maximum Gasteiger partial charge on any atom is 0.252 e. The summed E-state index contributed by atoms with van der Waals surface area (Å²) in [4.78, 5) is 13.7. The molecule has 3 rings (SSSR count). The zero-order chi connectivity index (χ0) is 16.9. The fourth-order valence-electron chi connectivity index (χ4n) is 2.48. The Kier molecular flexibility index (Phi) is 4.74. The summed E-state index contributed by atoms with van der Waals surface area (Å²) in [5.74, 6) is -0.189. The average Bonchev–Trinajstić information content (AvgIpc) is 3.15. The van der Waals surface area contributed by atoms with Crippen molar-refractivity contribution in [3.8, 4) is 6.07 Å². The van der Waals surface area contributed by atoms with Gasteiger partial charge in [-0.1, -0.05) is 42.0 Å². The van der Waals surface area contributed by atoms with Crippen molar-refractivity contribution in [2.45, 2.75) is 13.0 Å². The number of nitrogens with one attached hydrogen (secondary N) is 1. The third-order valence-electron chi connectivity index (χ3n) is 3.77. The molecular weight excluding hydrogens is 316 g/mol. The van der Waals surface area contributed by atoms with Crippen LogP contribution in [0.15, 0.2) is 66.0 Å². The number of carbonyl (C=O) groups excluding carboxylic acids is 1. The molecule has 0 aliphatic carbocycles. The zero-order valence-corrected chi connectivity index (χ0v) is 14.0. The minimum atomic E-state index is -0.205. The number of aryl methyl sites for hydroxylation is 1. The van der Waals surface area contributed by atoms with Crippen LogP contribution in [0.3, 0.4) is 0 Å². The number of nitriles is 1. The normalized spacial score (nSPS) is 11.5. The standard InChI is InChI=1S/C20H16N2OS/c1-14-7-9-16(10-8-14)19(18-6-3-11-24-18)22-20(23)17-5-2-4-15(12-17)13-21/h2-12,19H,1H3,(H,22,23)/t19-/m1/s1. The van der Waals surface area contributed by atoms with Gasteiger partial charge in [0.25, 0.3) is 5.91 Å². The van der Waals surface area contributed by atoms with E-state index >= 15 is 0 Å². The van der Waals surface area contributed by atoms with Crippen LogP contribution in [0.4, 0.5) is 0 Å². The van der Waals surface area contributed by atoms with Gasteiger partial charge < -0.3 is 5.32 Å². The van der Waals surface area contributed by atoms with Crippen LogP contribution in [0, 0.1) is 18.3 Å². The van der Waals surface area contributed by atoms with Crippen LogP contribution in [-0.4, -0.2) is 5.91 Å². The summed E-state index contributed by atoms with van der Waals surface area (Å²) in [6.45, 7) is 2.04. The quantitative estimate of drug-likeness (QED) is 0.767. The Labute approximate surface area is 145 Å². The first-order valence-electron chi connectivity index (χ1n) is 7.58. The fourth-order valence-corrected chi connectivity index (χ4v) is 3.28. The van der Waals surface area contributed by atoms with Crippen LogP contribution in [-0.2, 0) is 0 Å². The van der Waals surface area contributed by atoms with E-state index in [4.69, 9.17) is 5.26 Å². The smallest absolute Gasteiger partial charge is 0.252 e. The summed E-state index contributed by atoms with van der Waals surface area (Å²) in [7, 11) is 0. The molecule has 0 unspecified atom stereocenters. The number of hydrogen-bond donors (Lipinski definition) is 1. The summed E-state index contributed by atoms with van der Waals surface area (Å²) >= 11 is 1.61. The average molecular weight is 332 g/mol. The van der Waals surface area contributed by atoms with Crippen molar-refractivity contribution < 1.29 is 4.79 Å². The van der Waals surface area contributed by atoms with Crippen molar-refractivity contribution >= 4 is 17.2 Å². The first-order valence-corrected chi connectivity index (χ1v) is 8.46. The van der Waals surface area contributed by atoms with E-state index < -0.39 is 0 Å². The second-order valence-electron chi connectivity index (χ2n) is 5.53.